The predicted molar refractivity (Wildman–Crippen MR) is 94.3 cm³/mol. The van der Waals surface area contributed by atoms with Gasteiger partial charge in [-0.3, -0.25) is 9.59 Å². The van der Waals surface area contributed by atoms with Gasteiger partial charge in [0.25, 0.3) is 11.5 Å². The number of H-pyrrole nitrogens is 1. The van der Waals surface area contributed by atoms with Gasteiger partial charge in [0.1, 0.15) is 0 Å². The van der Waals surface area contributed by atoms with E-state index >= 15 is 0 Å². The first-order valence-electron chi connectivity index (χ1n) is 8.51. The summed E-state index contributed by atoms with van der Waals surface area (Å²) < 4.78 is 2.23. The second kappa shape index (κ2) is 6.30. The maximum atomic E-state index is 12.6. The molecule has 0 bridgehead atoms. The molecule has 0 spiro atoms. The molecule has 2 N–H and O–H groups in total. The van der Waals surface area contributed by atoms with Crippen molar-refractivity contribution in [1.82, 2.24) is 14.9 Å². The molecular formula is C19H25N3O2. The molecule has 1 saturated carbocycles. The van der Waals surface area contributed by atoms with Crippen molar-refractivity contribution in [3.05, 3.63) is 56.3 Å². The summed E-state index contributed by atoms with van der Waals surface area (Å²) in [6.45, 7) is 9.03. The van der Waals surface area contributed by atoms with Gasteiger partial charge in [-0.25, -0.2) is 0 Å². The van der Waals surface area contributed by atoms with Gasteiger partial charge in [-0.05, 0) is 64.2 Å². The number of nitrogens with zero attached hydrogens (tertiary/aromatic N) is 1. The monoisotopic (exact) mass is 327 g/mol. The SMILES string of the molecule is Cc1cc(C)c(CNC(=O)c2cc(C)n(CC3CC3)c2C)c(=O)[nH]1. The highest BCUT2D eigenvalue weighted by molar-refractivity contribution is 5.95. The number of aryl methyl sites for hydroxylation is 3. The van der Waals surface area contributed by atoms with Gasteiger partial charge in [0, 0.05) is 35.7 Å². The summed E-state index contributed by atoms with van der Waals surface area (Å²) in [5.74, 6) is 0.643. The Labute approximate surface area is 142 Å². The number of carbonyl (C=O) groups is 1. The van der Waals surface area contributed by atoms with Crippen LogP contribution in [0.15, 0.2) is 16.9 Å². The lowest BCUT2D eigenvalue weighted by Gasteiger charge is -2.10. The van der Waals surface area contributed by atoms with Crippen LogP contribution < -0.4 is 10.9 Å². The standard InChI is InChI=1S/C19H25N3O2/c1-11-7-12(2)21-19(24)17(11)9-20-18(23)16-8-13(3)22(14(16)4)10-15-5-6-15/h7-8,15H,5-6,9-10H2,1-4H3,(H,20,23)(H,21,24). The van der Waals surface area contributed by atoms with Gasteiger partial charge in [-0.2, -0.15) is 0 Å². The lowest BCUT2D eigenvalue weighted by atomic mass is 10.1. The van der Waals surface area contributed by atoms with E-state index in [1.807, 2.05) is 39.8 Å². The molecule has 1 amide bonds. The molecule has 0 saturated heterocycles. The zero-order valence-corrected chi connectivity index (χ0v) is 14.8. The Hall–Kier alpha value is -2.30. The molecule has 3 rings (SSSR count). The highest BCUT2D eigenvalue weighted by Gasteiger charge is 2.24. The van der Waals surface area contributed by atoms with E-state index < -0.39 is 0 Å². The van der Waals surface area contributed by atoms with E-state index in [2.05, 4.69) is 14.9 Å². The van der Waals surface area contributed by atoms with Crippen molar-refractivity contribution in [2.45, 2.75) is 53.6 Å². The Bertz CT molecular complexity index is 841. The van der Waals surface area contributed by atoms with E-state index in [0.29, 0.717) is 11.1 Å². The van der Waals surface area contributed by atoms with E-state index in [9.17, 15) is 9.59 Å². The van der Waals surface area contributed by atoms with Crippen LogP contribution in [-0.4, -0.2) is 15.5 Å². The Morgan fingerprint density at radius 3 is 2.58 bits per heavy atom. The first kappa shape index (κ1) is 16.6. The van der Waals surface area contributed by atoms with Crippen LogP contribution in [0.5, 0.6) is 0 Å². The Morgan fingerprint density at radius 1 is 1.25 bits per heavy atom. The Kier molecular flexibility index (Phi) is 4.35. The fourth-order valence-corrected chi connectivity index (χ4v) is 3.24. The quantitative estimate of drug-likeness (QED) is 0.887. The number of pyridine rings is 1. The van der Waals surface area contributed by atoms with Crippen LogP contribution in [-0.2, 0) is 13.1 Å². The number of aromatic amines is 1. The number of rotatable bonds is 5. The van der Waals surface area contributed by atoms with Crippen molar-refractivity contribution in [2.75, 3.05) is 0 Å². The average molecular weight is 327 g/mol. The lowest BCUT2D eigenvalue weighted by molar-refractivity contribution is 0.0950. The molecule has 24 heavy (non-hydrogen) atoms. The molecule has 5 nitrogen and oxygen atoms in total. The zero-order valence-electron chi connectivity index (χ0n) is 14.8. The molecule has 1 aliphatic rings. The summed E-state index contributed by atoms with van der Waals surface area (Å²) in [4.78, 5) is 27.4. The Balaban J connectivity index is 1.75. The molecule has 0 atom stereocenters. The van der Waals surface area contributed by atoms with Crippen molar-refractivity contribution < 1.29 is 4.79 Å². The summed E-state index contributed by atoms with van der Waals surface area (Å²) in [5, 5.41) is 2.89. The third-order valence-corrected chi connectivity index (χ3v) is 4.88. The van der Waals surface area contributed by atoms with E-state index in [0.717, 1.165) is 35.1 Å². The predicted octanol–water partition coefficient (Wildman–Crippen LogP) is 2.75. The third-order valence-electron chi connectivity index (χ3n) is 4.88. The third kappa shape index (κ3) is 3.30. The van der Waals surface area contributed by atoms with E-state index in [4.69, 9.17) is 0 Å². The summed E-state index contributed by atoms with van der Waals surface area (Å²) in [6.07, 6.45) is 2.57. The summed E-state index contributed by atoms with van der Waals surface area (Å²) in [7, 11) is 0. The van der Waals surface area contributed by atoms with Crippen molar-refractivity contribution in [3.63, 3.8) is 0 Å². The molecular weight excluding hydrogens is 302 g/mol. The topological polar surface area (TPSA) is 66.9 Å². The van der Waals surface area contributed by atoms with E-state index in [1.165, 1.54) is 12.8 Å². The molecule has 0 unspecified atom stereocenters. The summed E-state index contributed by atoms with van der Waals surface area (Å²) in [6, 6.07) is 3.86. The summed E-state index contributed by atoms with van der Waals surface area (Å²) >= 11 is 0. The van der Waals surface area contributed by atoms with Crippen molar-refractivity contribution in [3.8, 4) is 0 Å². The van der Waals surface area contributed by atoms with Crippen LogP contribution in [0.1, 0.15) is 51.4 Å². The van der Waals surface area contributed by atoms with Gasteiger partial charge in [-0.15, -0.1) is 0 Å². The van der Waals surface area contributed by atoms with Crippen LogP contribution in [0.25, 0.3) is 0 Å². The van der Waals surface area contributed by atoms with Gasteiger partial charge >= 0.3 is 0 Å². The van der Waals surface area contributed by atoms with Gasteiger partial charge in [-0.1, -0.05) is 0 Å². The number of amides is 1. The van der Waals surface area contributed by atoms with Crippen LogP contribution >= 0.6 is 0 Å². The number of nitrogens with one attached hydrogen (secondary N) is 2. The molecule has 128 valence electrons. The van der Waals surface area contributed by atoms with Gasteiger partial charge in [0.15, 0.2) is 0 Å². The van der Waals surface area contributed by atoms with Crippen LogP contribution in [0.3, 0.4) is 0 Å². The fraction of sp³-hybridized carbons (Fsp3) is 0.474. The maximum absolute atomic E-state index is 12.6. The van der Waals surface area contributed by atoms with E-state index in [-0.39, 0.29) is 18.0 Å². The molecule has 5 heteroatoms. The minimum Gasteiger partial charge on any atom is -0.348 e. The molecule has 1 fully saturated rings. The number of hydrogen-bond donors (Lipinski definition) is 2. The second-order valence-corrected chi connectivity index (χ2v) is 6.96. The van der Waals surface area contributed by atoms with Crippen molar-refractivity contribution in [2.24, 2.45) is 5.92 Å². The Morgan fingerprint density at radius 2 is 1.96 bits per heavy atom. The fourth-order valence-electron chi connectivity index (χ4n) is 3.24. The van der Waals surface area contributed by atoms with Crippen LogP contribution in [0.2, 0.25) is 0 Å². The largest absolute Gasteiger partial charge is 0.348 e. The normalized spacial score (nSPS) is 14.0. The minimum atomic E-state index is -0.132. The van der Waals surface area contributed by atoms with Gasteiger partial charge in [0.05, 0.1) is 5.56 Å². The summed E-state index contributed by atoms with van der Waals surface area (Å²) in [5.41, 5.74) is 5.04. The smallest absolute Gasteiger partial charge is 0.253 e. The highest BCUT2D eigenvalue weighted by Crippen LogP contribution is 2.32. The molecule has 2 aromatic rings. The molecule has 0 aliphatic heterocycles. The number of aromatic nitrogens is 2. The van der Waals surface area contributed by atoms with Gasteiger partial charge < -0.3 is 14.9 Å². The van der Waals surface area contributed by atoms with Crippen molar-refractivity contribution in [1.29, 1.82) is 0 Å². The first-order chi connectivity index (χ1) is 11.4. The molecule has 0 radical (unpaired) electrons. The molecule has 2 aromatic heterocycles. The lowest BCUT2D eigenvalue weighted by Crippen LogP contribution is -2.28. The average Bonchev–Trinajstić information content (AvgIpc) is 3.27. The van der Waals surface area contributed by atoms with E-state index in [1.54, 1.807) is 0 Å². The molecule has 0 aromatic carbocycles. The van der Waals surface area contributed by atoms with Crippen molar-refractivity contribution >= 4 is 5.91 Å². The molecule has 1 aliphatic carbocycles. The first-order valence-corrected chi connectivity index (χ1v) is 8.51. The molecule has 2 heterocycles. The number of hydrogen-bond acceptors (Lipinski definition) is 2. The van der Waals surface area contributed by atoms with Crippen LogP contribution in [0.4, 0.5) is 0 Å². The van der Waals surface area contributed by atoms with Gasteiger partial charge in [0.2, 0.25) is 0 Å². The second-order valence-electron chi connectivity index (χ2n) is 6.96. The highest BCUT2D eigenvalue weighted by atomic mass is 16.1. The van der Waals surface area contributed by atoms with Crippen LogP contribution in [0, 0.1) is 33.6 Å². The zero-order chi connectivity index (χ0) is 17.4. The minimum absolute atomic E-state index is 0.121. The maximum Gasteiger partial charge on any atom is 0.253 e. The number of carbonyl (C=O) groups excluding carboxylic acids is 1.